The van der Waals surface area contributed by atoms with Crippen molar-refractivity contribution in [3.63, 3.8) is 0 Å². The topological polar surface area (TPSA) is 218 Å². The number of benzene rings is 7. The standard InChI is InChI=1S/C31H29F3N4O.C30H30N4O.C28H27N5O2.C27H24F3N5OS/c1-22-7-8-24(18-23(22)9-11-27-21-36-30-6-2-3-16-38(27)30)29(39)20-25-19-26(31(32,33)34)10-12-28(25)35-13-17-37-14-4-5-15-37;1-23-6-11-27(20-26(23)12-13-28-21-31-30-5-3-4-14-34(28)30)29(35)19-24-7-9-25(10-8-24)22-33-17-15-32(2)16-18-33;1-31-11-13-32(14-12-31)20-24-7-5-22(17-27(24)35)16-26(34)23-4-2-3-21(15-23)6-8-25-18-30-28-19-29-9-10-33(25)28;1-33-10-12-34(13-11-33)18-20-6-5-19(14-22(20)27(28,29)30)15-23(36)24-17-32-26(37-24)8-7-21-16-31-25-4-2-3-9-35(21)25/h2-3,6-8,10,12,16,18-19,21,35H,4-5,13-15,17,20H2,1H3;3-11,14,20-21H,15-19,22H2,1-2H3;2-5,7,9-10,15,17-19,35H,11-14,16,20H2,1H3;2-6,9,14,16-17H,10-13,15,18H2,1H3. The number of hydrogen-bond acceptors (Lipinski definition) is 20. The summed E-state index contributed by atoms with van der Waals surface area (Å²) in [6.07, 6.45) is 12.8. The van der Waals surface area contributed by atoms with Gasteiger partial charge in [-0.25, -0.2) is 24.9 Å². The number of halogens is 6. The lowest BCUT2D eigenvalue weighted by Crippen LogP contribution is -2.44. The molecule has 0 radical (unpaired) electrons. The van der Waals surface area contributed by atoms with Gasteiger partial charge in [-0.2, -0.15) is 26.3 Å². The molecule has 2 N–H and O–H groups in total. The lowest BCUT2D eigenvalue weighted by Gasteiger charge is -2.33. The Morgan fingerprint density at radius 1 is 0.384 bits per heavy atom. The van der Waals surface area contributed by atoms with Gasteiger partial charge in [-0.15, -0.1) is 11.3 Å². The lowest BCUT2D eigenvalue weighted by molar-refractivity contribution is -0.139. The van der Waals surface area contributed by atoms with Crippen molar-refractivity contribution < 1.29 is 50.6 Å². The summed E-state index contributed by atoms with van der Waals surface area (Å²) in [6, 6.07) is 57.4. The third-order valence-corrected chi connectivity index (χ3v) is 27.3. The highest BCUT2D eigenvalue weighted by Gasteiger charge is 2.36. The van der Waals surface area contributed by atoms with Gasteiger partial charge in [0, 0.05) is 213 Å². The molecule has 146 heavy (non-hydrogen) atoms. The lowest BCUT2D eigenvalue weighted by atomic mass is 9.97. The number of aryl methyl sites for hydroxylation is 2. The van der Waals surface area contributed by atoms with Crippen molar-refractivity contribution >= 4 is 62.7 Å². The zero-order valence-electron chi connectivity index (χ0n) is 81.9. The number of rotatable bonds is 22. The van der Waals surface area contributed by atoms with Gasteiger partial charge in [0.2, 0.25) is 0 Å². The molecule has 0 bridgehead atoms. The fourth-order valence-corrected chi connectivity index (χ4v) is 18.4. The zero-order chi connectivity index (χ0) is 102. The molecule has 0 spiro atoms. The number of aromatic nitrogens is 10. The second-order valence-corrected chi connectivity index (χ2v) is 38.1. The van der Waals surface area contributed by atoms with Crippen molar-refractivity contribution in [3.8, 4) is 53.1 Å². The van der Waals surface area contributed by atoms with E-state index in [0.29, 0.717) is 67.6 Å². The van der Waals surface area contributed by atoms with Gasteiger partial charge < -0.3 is 30.0 Å². The van der Waals surface area contributed by atoms with Crippen LogP contribution in [0, 0.1) is 61.2 Å². The molecular formula is C116H110F6N18O5S. The molecular weight excluding hydrogens is 1870 g/mol. The number of nitrogens with zero attached hydrogens (tertiary/aromatic N) is 17. The largest absolute Gasteiger partial charge is 0.508 e. The average molecular weight is 1980 g/mol. The Bertz CT molecular complexity index is 7670. The highest BCUT2D eigenvalue weighted by molar-refractivity contribution is 7.14. The molecule has 23 nitrogen and oxygen atoms in total. The molecule has 4 saturated heterocycles. The fourth-order valence-electron chi connectivity index (χ4n) is 17.7. The minimum atomic E-state index is -4.49. The maximum Gasteiger partial charge on any atom is 0.416 e. The van der Waals surface area contributed by atoms with Crippen molar-refractivity contribution in [1.29, 1.82) is 0 Å². The summed E-state index contributed by atoms with van der Waals surface area (Å²) in [5, 5.41) is 14.3. The highest BCUT2D eigenvalue weighted by atomic mass is 32.1. The summed E-state index contributed by atoms with van der Waals surface area (Å²) in [5.41, 5.74) is 16.1. The SMILES string of the molecule is CN1CCN(Cc2ccc(CC(=O)c3cccc(C#Cc4cnc5cnccn45)c3)cc2O)CC1.CN1CCN(Cc2ccc(CC(=O)c3cnc(C#Cc4cnc5ccccn45)s3)cc2C(F)(F)F)CC1.Cc1ccc(C(=O)Cc2cc(C(F)(F)F)ccc2NCCN2CCCC2)cc1C#Cc1cnc2ccccn12.Cc1ccc(C(=O)Cc2ccc(CN3CCN(C)CC3)cc2)cc1C#Cc1cnc2ccccn12. The number of pyridine rings is 3. The first kappa shape index (κ1) is 102. The number of alkyl halides is 6. The Hall–Kier alpha value is -15.3. The highest BCUT2D eigenvalue weighted by Crippen LogP contribution is 2.36. The molecule has 742 valence electrons. The van der Waals surface area contributed by atoms with Gasteiger partial charge in [0.1, 0.15) is 45.5 Å². The molecule has 0 unspecified atom stereocenters. The quantitative estimate of drug-likeness (QED) is 0.0366. The summed E-state index contributed by atoms with van der Waals surface area (Å²) >= 11 is 1.13. The van der Waals surface area contributed by atoms with Crippen molar-refractivity contribution in [2.75, 3.05) is 131 Å². The number of likely N-dealkylation sites (tertiary alicyclic amines) is 1. The number of aromatic hydroxyl groups is 1. The first-order chi connectivity index (χ1) is 70.6. The van der Waals surface area contributed by atoms with Gasteiger partial charge in [-0.05, 0) is 226 Å². The smallest absolute Gasteiger partial charge is 0.416 e. The molecule has 0 amide bonds. The van der Waals surface area contributed by atoms with E-state index in [0.717, 1.165) is 219 Å². The number of thiazole rings is 1. The molecule has 13 heterocycles. The Morgan fingerprint density at radius 3 is 1.40 bits per heavy atom. The van der Waals surface area contributed by atoms with Crippen LogP contribution in [0.3, 0.4) is 0 Å². The third kappa shape index (κ3) is 27.2. The summed E-state index contributed by atoms with van der Waals surface area (Å²) in [5.74, 6) is 24.7. The van der Waals surface area contributed by atoms with Crippen LogP contribution in [0.15, 0.2) is 262 Å². The van der Waals surface area contributed by atoms with Crippen LogP contribution in [0.1, 0.15) is 159 Å². The van der Waals surface area contributed by atoms with Crippen LogP contribution in [-0.4, -0.2) is 236 Å². The number of fused-ring (bicyclic) bond motifs is 4. The van der Waals surface area contributed by atoms with E-state index in [1.54, 1.807) is 67.5 Å². The van der Waals surface area contributed by atoms with Crippen LogP contribution in [0.4, 0.5) is 32.0 Å². The van der Waals surface area contributed by atoms with Crippen LogP contribution in [0.25, 0.3) is 22.6 Å². The van der Waals surface area contributed by atoms with Crippen molar-refractivity contribution in [1.82, 2.24) is 81.8 Å². The Labute approximate surface area is 848 Å². The monoisotopic (exact) mass is 1980 g/mol. The van der Waals surface area contributed by atoms with Gasteiger partial charge in [-0.1, -0.05) is 121 Å². The molecule has 0 saturated carbocycles. The number of anilines is 1. The summed E-state index contributed by atoms with van der Waals surface area (Å²) in [4.78, 5) is 94.1. The number of Topliss-reactive ketones (excluding diaryl/α,β-unsaturated/α-hetero) is 4. The second-order valence-electron chi connectivity index (χ2n) is 37.1. The number of imidazole rings is 4. The predicted octanol–water partition coefficient (Wildman–Crippen LogP) is 17.6. The van der Waals surface area contributed by atoms with E-state index in [9.17, 15) is 50.6 Å². The molecule has 0 aliphatic carbocycles. The third-order valence-electron chi connectivity index (χ3n) is 26.4. The number of hydrogen-bond donors (Lipinski definition) is 2. The van der Waals surface area contributed by atoms with Crippen LogP contribution in [-0.2, 0) is 57.7 Å². The number of piperazine rings is 3. The number of ketones is 4. The van der Waals surface area contributed by atoms with Crippen LogP contribution in [0.5, 0.6) is 5.75 Å². The second kappa shape index (κ2) is 47.5. The Kier molecular flexibility index (Phi) is 33.2. The van der Waals surface area contributed by atoms with Crippen molar-refractivity contribution in [2.45, 2.75) is 84.4 Å². The Balaban J connectivity index is 0.000000133. The predicted molar refractivity (Wildman–Crippen MR) is 555 cm³/mol. The minimum absolute atomic E-state index is 0.0132. The normalized spacial score (nSPS) is 14.5. The molecule has 4 aliphatic heterocycles. The van der Waals surface area contributed by atoms with Crippen molar-refractivity contribution in [2.24, 2.45) is 0 Å². The number of phenols is 1. The van der Waals surface area contributed by atoms with Crippen molar-refractivity contribution in [3.05, 3.63) is 390 Å². The molecule has 4 aliphatic rings. The average Bonchev–Trinajstić information content (AvgIpc) is 1.56. The number of likely N-dealkylation sites (N-methyl/N-ethyl adjacent to an activating group) is 3. The number of carbonyl (C=O) groups is 4. The summed E-state index contributed by atoms with van der Waals surface area (Å²) < 4.78 is 89.6. The van der Waals surface area contributed by atoms with E-state index < -0.39 is 23.5 Å². The van der Waals surface area contributed by atoms with Gasteiger partial charge in [-0.3, -0.25) is 56.5 Å². The van der Waals surface area contributed by atoms with Crippen LogP contribution < -0.4 is 5.32 Å². The molecule has 4 fully saturated rings. The molecule has 9 aromatic heterocycles. The number of nitrogens with one attached hydrogen (secondary N) is 1. The van der Waals surface area contributed by atoms with Gasteiger partial charge in [0.05, 0.1) is 53.2 Å². The first-order valence-corrected chi connectivity index (χ1v) is 49.4. The molecule has 30 heteroatoms. The van der Waals surface area contributed by atoms with E-state index in [2.05, 4.69) is 150 Å². The molecule has 7 aromatic carbocycles. The van der Waals surface area contributed by atoms with E-state index in [4.69, 9.17) is 0 Å². The maximum absolute atomic E-state index is 13.9. The first-order valence-electron chi connectivity index (χ1n) is 48.6. The van der Waals surface area contributed by atoms with Crippen LogP contribution in [0.2, 0.25) is 0 Å². The van der Waals surface area contributed by atoms with E-state index in [1.165, 1.54) is 36.7 Å². The number of carbonyl (C=O) groups excluding carboxylic acids is 4. The maximum atomic E-state index is 13.9. The Morgan fingerprint density at radius 2 is 0.856 bits per heavy atom. The number of phenolic OH excluding ortho intramolecular Hbond substituents is 1. The van der Waals surface area contributed by atoms with E-state index in [-0.39, 0.29) is 60.3 Å². The fraction of sp³-hybridized carbons (Fsp3) is 0.276. The molecule has 20 rings (SSSR count). The summed E-state index contributed by atoms with van der Waals surface area (Å²) in [7, 11) is 6.31. The van der Waals surface area contributed by atoms with Gasteiger partial charge >= 0.3 is 12.4 Å². The van der Waals surface area contributed by atoms with Gasteiger partial charge in [0.25, 0.3) is 0 Å². The minimum Gasteiger partial charge on any atom is -0.508 e. The summed E-state index contributed by atoms with van der Waals surface area (Å²) in [6.45, 7) is 20.9. The van der Waals surface area contributed by atoms with E-state index >= 15 is 0 Å². The van der Waals surface area contributed by atoms with Crippen LogP contribution >= 0.6 is 11.3 Å². The molecule has 0 atom stereocenters. The van der Waals surface area contributed by atoms with Gasteiger partial charge in [0.15, 0.2) is 33.8 Å². The van der Waals surface area contributed by atoms with E-state index in [1.807, 2.05) is 177 Å². The molecule has 16 aromatic rings. The zero-order valence-corrected chi connectivity index (χ0v) is 82.7.